The van der Waals surface area contributed by atoms with E-state index in [-0.39, 0.29) is 0 Å². The first-order valence-electron chi connectivity index (χ1n) is 8.85. The molecule has 4 rings (SSSR count). The fourth-order valence-electron chi connectivity index (χ4n) is 4.16. The van der Waals surface area contributed by atoms with Crippen LogP contribution < -0.4 is 10.5 Å². The Morgan fingerprint density at radius 3 is 2.00 bits per heavy atom. The number of hydrogen-bond acceptors (Lipinski definition) is 5. The van der Waals surface area contributed by atoms with Crippen molar-refractivity contribution in [3.63, 3.8) is 0 Å². The number of rotatable bonds is 5. The molecule has 2 bridgehead atoms. The van der Waals surface area contributed by atoms with Gasteiger partial charge in [-0.2, -0.15) is 0 Å². The summed E-state index contributed by atoms with van der Waals surface area (Å²) < 4.78 is 5.59. The summed E-state index contributed by atoms with van der Waals surface area (Å²) in [4.78, 5) is 0. The smallest absolute Gasteiger partial charge is 0.327 e. The van der Waals surface area contributed by atoms with Gasteiger partial charge < -0.3 is 25.8 Å². The van der Waals surface area contributed by atoms with E-state index in [1.165, 1.54) is 0 Å². The number of nitrogens with two attached hydrogens (primary N) is 1. The third-order valence-electron chi connectivity index (χ3n) is 6.04. The van der Waals surface area contributed by atoms with E-state index in [0.717, 1.165) is 50.0 Å². The molecule has 5 heteroatoms. The van der Waals surface area contributed by atoms with Crippen LogP contribution in [0.5, 0.6) is 5.75 Å². The van der Waals surface area contributed by atoms with Crippen LogP contribution in [0.3, 0.4) is 0 Å². The van der Waals surface area contributed by atoms with Crippen LogP contribution in [0.15, 0.2) is 24.3 Å². The van der Waals surface area contributed by atoms with Crippen LogP contribution in [-0.2, 0) is 0 Å². The van der Waals surface area contributed by atoms with Crippen LogP contribution in [0.4, 0.5) is 0 Å². The first-order chi connectivity index (χ1) is 11.1. The van der Waals surface area contributed by atoms with Gasteiger partial charge in [-0.3, -0.25) is 0 Å². The summed E-state index contributed by atoms with van der Waals surface area (Å²) in [6.07, 6.45) is 5.54. The second kappa shape index (κ2) is 5.99. The van der Waals surface area contributed by atoms with Crippen LogP contribution in [0.25, 0.3) is 0 Å². The van der Waals surface area contributed by atoms with Crippen LogP contribution in [0.1, 0.15) is 64.0 Å². The SMILES string of the molecule is CC(C)(O)C(N)c1ccc(OC(O)(O)C23CCC(CC2)CC3)cc1. The summed E-state index contributed by atoms with van der Waals surface area (Å²) in [5, 5.41) is 31.3. The summed E-state index contributed by atoms with van der Waals surface area (Å²) in [5.41, 5.74) is 5.20. The molecule has 0 saturated heterocycles. The van der Waals surface area contributed by atoms with Crippen LogP contribution >= 0.6 is 0 Å². The molecule has 0 aromatic heterocycles. The fourth-order valence-corrected chi connectivity index (χ4v) is 4.16. The van der Waals surface area contributed by atoms with E-state index in [2.05, 4.69) is 0 Å². The van der Waals surface area contributed by atoms with Crippen molar-refractivity contribution in [2.75, 3.05) is 0 Å². The molecule has 0 radical (unpaired) electrons. The molecule has 0 aliphatic heterocycles. The zero-order valence-corrected chi connectivity index (χ0v) is 14.5. The molecule has 1 unspecified atom stereocenters. The van der Waals surface area contributed by atoms with Crippen molar-refractivity contribution in [1.82, 2.24) is 0 Å². The van der Waals surface area contributed by atoms with Crippen molar-refractivity contribution < 1.29 is 20.1 Å². The molecule has 3 aliphatic carbocycles. The Morgan fingerprint density at radius 1 is 1.04 bits per heavy atom. The van der Waals surface area contributed by atoms with E-state index >= 15 is 0 Å². The molecule has 1 aromatic carbocycles. The molecule has 3 fully saturated rings. The normalized spacial score (nSPS) is 28.7. The predicted molar refractivity (Wildman–Crippen MR) is 91.1 cm³/mol. The summed E-state index contributed by atoms with van der Waals surface area (Å²) in [6.45, 7) is 3.32. The molecule has 1 atom stereocenters. The zero-order chi connectivity index (χ0) is 17.6. The lowest BCUT2D eigenvalue weighted by molar-refractivity contribution is -0.371. The molecule has 134 valence electrons. The van der Waals surface area contributed by atoms with Gasteiger partial charge in [-0.05, 0) is 76.0 Å². The van der Waals surface area contributed by atoms with Gasteiger partial charge in [0.15, 0.2) is 0 Å². The Kier molecular flexibility index (Phi) is 4.41. The van der Waals surface area contributed by atoms with Gasteiger partial charge >= 0.3 is 5.97 Å². The first-order valence-corrected chi connectivity index (χ1v) is 8.85. The Labute approximate surface area is 143 Å². The van der Waals surface area contributed by atoms with Crippen molar-refractivity contribution in [1.29, 1.82) is 0 Å². The monoisotopic (exact) mass is 335 g/mol. The molecule has 5 nitrogen and oxygen atoms in total. The summed E-state index contributed by atoms with van der Waals surface area (Å²) in [7, 11) is 0. The van der Waals surface area contributed by atoms with E-state index in [0.29, 0.717) is 5.75 Å². The lowest BCUT2D eigenvalue weighted by Gasteiger charge is -2.51. The van der Waals surface area contributed by atoms with Gasteiger partial charge in [-0.1, -0.05) is 12.1 Å². The van der Waals surface area contributed by atoms with Crippen molar-refractivity contribution in [3.8, 4) is 5.75 Å². The number of fused-ring (bicyclic) bond motifs is 3. The Balaban J connectivity index is 1.73. The molecular formula is C19H29NO4. The Morgan fingerprint density at radius 2 is 1.54 bits per heavy atom. The van der Waals surface area contributed by atoms with Gasteiger partial charge in [0.25, 0.3) is 0 Å². The van der Waals surface area contributed by atoms with Crippen molar-refractivity contribution in [3.05, 3.63) is 29.8 Å². The third-order valence-corrected chi connectivity index (χ3v) is 6.04. The lowest BCUT2D eigenvalue weighted by Crippen LogP contribution is -2.56. The van der Waals surface area contributed by atoms with Gasteiger partial charge in [0.2, 0.25) is 0 Å². The summed E-state index contributed by atoms with van der Waals surface area (Å²) >= 11 is 0. The molecule has 0 amide bonds. The topological polar surface area (TPSA) is 95.9 Å². The number of aliphatic hydroxyl groups is 3. The van der Waals surface area contributed by atoms with Gasteiger partial charge in [0.05, 0.1) is 17.1 Å². The standard InChI is InChI=1S/C19H29NO4/c1-17(2,21)16(20)14-3-5-15(6-4-14)24-19(22,23)18-10-7-13(8-11-18)9-12-18/h3-6,13,16,21-23H,7-12,20H2,1-2H3. The van der Waals surface area contributed by atoms with Gasteiger partial charge in [0.1, 0.15) is 5.75 Å². The molecule has 24 heavy (non-hydrogen) atoms. The average Bonchev–Trinajstić information content (AvgIpc) is 2.55. The highest BCUT2D eigenvalue weighted by atomic mass is 16.8. The maximum Gasteiger partial charge on any atom is 0.327 e. The first kappa shape index (κ1) is 17.7. The highest BCUT2D eigenvalue weighted by Gasteiger charge is 2.56. The van der Waals surface area contributed by atoms with E-state index in [4.69, 9.17) is 10.5 Å². The quantitative estimate of drug-likeness (QED) is 0.620. The Hall–Kier alpha value is -1.14. The van der Waals surface area contributed by atoms with E-state index < -0.39 is 23.0 Å². The summed E-state index contributed by atoms with van der Waals surface area (Å²) in [6, 6.07) is 6.33. The third kappa shape index (κ3) is 3.18. The highest BCUT2D eigenvalue weighted by molar-refractivity contribution is 5.30. The van der Waals surface area contributed by atoms with Crippen molar-refractivity contribution >= 4 is 0 Å². The van der Waals surface area contributed by atoms with Crippen LogP contribution in [-0.4, -0.2) is 26.9 Å². The van der Waals surface area contributed by atoms with Crippen molar-refractivity contribution in [2.24, 2.45) is 17.1 Å². The van der Waals surface area contributed by atoms with E-state index in [9.17, 15) is 15.3 Å². The molecule has 3 saturated carbocycles. The number of benzene rings is 1. The summed E-state index contributed by atoms with van der Waals surface area (Å²) in [5.74, 6) is -1.02. The molecule has 5 N–H and O–H groups in total. The van der Waals surface area contributed by atoms with Crippen LogP contribution in [0, 0.1) is 11.3 Å². The molecular weight excluding hydrogens is 306 g/mol. The average molecular weight is 335 g/mol. The Bertz CT molecular complexity index is 554. The molecule has 0 spiro atoms. The number of ether oxygens (including phenoxy) is 1. The van der Waals surface area contributed by atoms with E-state index in [1.54, 1.807) is 38.1 Å². The maximum atomic E-state index is 10.6. The van der Waals surface area contributed by atoms with Gasteiger partial charge in [-0.15, -0.1) is 0 Å². The van der Waals surface area contributed by atoms with Crippen molar-refractivity contribution in [2.45, 2.75) is 70.0 Å². The zero-order valence-electron chi connectivity index (χ0n) is 14.5. The van der Waals surface area contributed by atoms with Gasteiger partial charge in [-0.25, -0.2) is 0 Å². The molecule has 3 aliphatic rings. The fraction of sp³-hybridized carbons (Fsp3) is 0.684. The van der Waals surface area contributed by atoms with Gasteiger partial charge in [0, 0.05) is 0 Å². The minimum absolute atomic E-state index is 0.397. The molecule has 1 aromatic rings. The number of hydrogen-bond donors (Lipinski definition) is 4. The molecule has 0 heterocycles. The van der Waals surface area contributed by atoms with Crippen LogP contribution in [0.2, 0.25) is 0 Å². The minimum Gasteiger partial charge on any atom is -0.439 e. The predicted octanol–water partition coefficient (Wildman–Crippen LogP) is 2.44. The lowest BCUT2D eigenvalue weighted by atomic mass is 9.59. The largest absolute Gasteiger partial charge is 0.439 e. The minimum atomic E-state index is -2.15. The second-order valence-corrected chi connectivity index (χ2v) is 8.17. The second-order valence-electron chi connectivity index (χ2n) is 8.17. The van der Waals surface area contributed by atoms with E-state index in [1.807, 2.05) is 0 Å². The maximum absolute atomic E-state index is 10.6. The highest BCUT2D eigenvalue weighted by Crippen LogP contribution is 2.55.